The van der Waals surface area contributed by atoms with Gasteiger partial charge in [-0.2, -0.15) is 0 Å². The van der Waals surface area contributed by atoms with Crippen LogP contribution in [-0.2, 0) is 0 Å². The van der Waals surface area contributed by atoms with E-state index < -0.39 is 0 Å². The molecule has 0 aromatic carbocycles. The monoisotopic (exact) mass is 174 g/mol. The Morgan fingerprint density at radius 2 is 1.23 bits per heavy atom. The summed E-state index contributed by atoms with van der Waals surface area (Å²) < 4.78 is 0. The third kappa shape index (κ3) is 6.15. The standard InChI is InChI=1S/C13H18/c1-2-4-6-8-10-12-13-11-9-7-5-3-1/h1-6,9,11H,7-8,10,12-13H2/b2-1?,5-3-,6-4?,11-9-. The molecule has 0 unspecified atom stereocenters. The Balaban J connectivity index is 2.38. The molecule has 1 rings (SSSR count). The molecule has 0 amide bonds. The zero-order valence-corrected chi connectivity index (χ0v) is 8.15. The van der Waals surface area contributed by atoms with Gasteiger partial charge in [-0.05, 0) is 32.1 Å². The minimum atomic E-state index is 1.06. The highest BCUT2D eigenvalue weighted by atomic mass is 13.9. The van der Waals surface area contributed by atoms with Crippen molar-refractivity contribution in [2.45, 2.75) is 32.1 Å². The molecule has 0 N–H and O–H groups in total. The average Bonchev–Trinajstić information content (AvgIpc) is 2.18. The van der Waals surface area contributed by atoms with Gasteiger partial charge in [0.15, 0.2) is 0 Å². The fourth-order valence-electron chi connectivity index (χ4n) is 1.28. The normalized spacial score (nSPS) is 24.0. The first-order chi connectivity index (χ1) is 6.50. The van der Waals surface area contributed by atoms with Crippen molar-refractivity contribution in [1.82, 2.24) is 0 Å². The maximum Gasteiger partial charge on any atom is -0.0166 e. The van der Waals surface area contributed by atoms with Crippen molar-refractivity contribution in [2.24, 2.45) is 0 Å². The highest BCUT2D eigenvalue weighted by molar-refractivity contribution is 5.12. The molecule has 0 nitrogen and oxygen atoms in total. The molecule has 70 valence electrons. The summed E-state index contributed by atoms with van der Waals surface area (Å²) in [6.45, 7) is 0. The average molecular weight is 174 g/mol. The van der Waals surface area contributed by atoms with Gasteiger partial charge in [0.1, 0.15) is 0 Å². The topological polar surface area (TPSA) is 0 Å². The molecular formula is C13H18. The zero-order valence-electron chi connectivity index (χ0n) is 8.15. The van der Waals surface area contributed by atoms with Crippen LogP contribution in [0.3, 0.4) is 0 Å². The fourth-order valence-corrected chi connectivity index (χ4v) is 1.28. The molecule has 13 heavy (non-hydrogen) atoms. The molecule has 0 radical (unpaired) electrons. The van der Waals surface area contributed by atoms with Crippen LogP contribution in [0.4, 0.5) is 0 Å². The second kappa shape index (κ2) is 7.60. The summed E-state index contributed by atoms with van der Waals surface area (Å²) in [6.07, 6.45) is 23.5. The van der Waals surface area contributed by atoms with Crippen molar-refractivity contribution in [2.75, 3.05) is 0 Å². The first kappa shape index (κ1) is 10.0. The molecule has 0 aromatic rings. The summed E-state index contributed by atoms with van der Waals surface area (Å²) in [7, 11) is 0. The van der Waals surface area contributed by atoms with Gasteiger partial charge in [-0.1, -0.05) is 48.6 Å². The Labute approximate surface area is 81.4 Å². The lowest BCUT2D eigenvalue weighted by atomic mass is 10.2. The highest BCUT2D eigenvalue weighted by Gasteiger charge is 1.83. The van der Waals surface area contributed by atoms with Crippen LogP contribution in [0.2, 0.25) is 0 Å². The Kier molecular flexibility index (Phi) is 5.87. The molecule has 1 aliphatic rings. The van der Waals surface area contributed by atoms with Crippen LogP contribution in [0.5, 0.6) is 0 Å². The SMILES string of the molecule is C1=C/C=C\C/C=C\CCCCC=C1. The minimum absolute atomic E-state index is 1.06. The van der Waals surface area contributed by atoms with Crippen molar-refractivity contribution in [3.63, 3.8) is 0 Å². The summed E-state index contributed by atoms with van der Waals surface area (Å²) in [5.41, 5.74) is 0. The Bertz CT molecular complexity index is 216. The van der Waals surface area contributed by atoms with Crippen LogP contribution < -0.4 is 0 Å². The Morgan fingerprint density at radius 3 is 2.08 bits per heavy atom. The molecule has 0 heterocycles. The van der Waals surface area contributed by atoms with E-state index in [0.29, 0.717) is 0 Å². The summed E-state index contributed by atoms with van der Waals surface area (Å²) in [4.78, 5) is 0. The van der Waals surface area contributed by atoms with Gasteiger partial charge < -0.3 is 0 Å². The minimum Gasteiger partial charge on any atom is -0.0882 e. The van der Waals surface area contributed by atoms with E-state index in [1.807, 2.05) is 0 Å². The molecule has 0 aromatic heterocycles. The van der Waals surface area contributed by atoms with Gasteiger partial charge in [0.2, 0.25) is 0 Å². The molecule has 0 saturated carbocycles. The van der Waals surface area contributed by atoms with Crippen molar-refractivity contribution < 1.29 is 0 Å². The van der Waals surface area contributed by atoms with E-state index in [1.54, 1.807) is 0 Å². The van der Waals surface area contributed by atoms with E-state index in [2.05, 4.69) is 48.6 Å². The fraction of sp³-hybridized carbons (Fsp3) is 0.385. The van der Waals surface area contributed by atoms with Crippen molar-refractivity contribution in [1.29, 1.82) is 0 Å². The summed E-state index contributed by atoms with van der Waals surface area (Å²) in [5.74, 6) is 0. The van der Waals surface area contributed by atoms with Crippen LogP contribution in [0, 0.1) is 0 Å². The summed E-state index contributed by atoms with van der Waals surface area (Å²) in [6, 6.07) is 0. The first-order valence-electron chi connectivity index (χ1n) is 5.13. The number of rotatable bonds is 0. The first-order valence-corrected chi connectivity index (χ1v) is 5.13. The smallest absolute Gasteiger partial charge is 0.0166 e. The van der Waals surface area contributed by atoms with Gasteiger partial charge in [0, 0.05) is 0 Å². The highest BCUT2D eigenvalue weighted by Crippen LogP contribution is 2.03. The van der Waals surface area contributed by atoms with Gasteiger partial charge >= 0.3 is 0 Å². The maximum atomic E-state index is 2.29. The number of allylic oxidation sites excluding steroid dienone is 8. The summed E-state index contributed by atoms with van der Waals surface area (Å²) >= 11 is 0. The lowest BCUT2D eigenvalue weighted by molar-refractivity contribution is 0.761. The van der Waals surface area contributed by atoms with E-state index in [-0.39, 0.29) is 0 Å². The van der Waals surface area contributed by atoms with E-state index >= 15 is 0 Å². The molecule has 0 aliphatic heterocycles. The largest absolute Gasteiger partial charge is 0.0882 e. The number of hydrogen-bond donors (Lipinski definition) is 0. The Morgan fingerprint density at radius 1 is 0.538 bits per heavy atom. The quantitative estimate of drug-likeness (QED) is 0.483. The molecule has 0 heteroatoms. The molecule has 0 saturated heterocycles. The predicted octanol–water partition coefficient (Wildman–Crippen LogP) is 4.18. The second-order valence-electron chi connectivity index (χ2n) is 3.23. The van der Waals surface area contributed by atoms with Crippen molar-refractivity contribution in [3.8, 4) is 0 Å². The van der Waals surface area contributed by atoms with Gasteiger partial charge in [0.05, 0.1) is 0 Å². The second-order valence-corrected chi connectivity index (χ2v) is 3.23. The predicted molar refractivity (Wildman–Crippen MR) is 59.6 cm³/mol. The third-order valence-electron chi connectivity index (χ3n) is 2.04. The third-order valence-corrected chi connectivity index (χ3v) is 2.04. The molecular weight excluding hydrogens is 156 g/mol. The van der Waals surface area contributed by atoms with Gasteiger partial charge in [-0.25, -0.2) is 0 Å². The van der Waals surface area contributed by atoms with E-state index in [9.17, 15) is 0 Å². The van der Waals surface area contributed by atoms with Gasteiger partial charge in [-0.15, -0.1) is 0 Å². The lowest BCUT2D eigenvalue weighted by Gasteiger charge is -1.91. The van der Waals surface area contributed by atoms with E-state index in [4.69, 9.17) is 0 Å². The van der Waals surface area contributed by atoms with Crippen LogP contribution in [0.15, 0.2) is 48.6 Å². The van der Waals surface area contributed by atoms with Gasteiger partial charge in [-0.3, -0.25) is 0 Å². The van der Waals surface area contributed by atoms with Crippen LogP contribution in [0.25, 0.3) is 0 Å². The van der Waals surface area contributed by atoms with Crippen molar-refractivity contribution >= 4 is 0 Å². The van der Waals surface area contributed by atoms with Gasteiger partial charge in [0.25, 0.3) is 0 Å². The molecule has 0 fully saturated rings. The number of hydrogen-bond acceptors (Lipinski definition) is 0. The van der Waals surface area contributed by atoms with Crippen LogP contribution >= 0.6 is 0 Å². The van der Waals surface area contributed by atoms with E-state index in [0.717, 1.165) is 6.42 Å². The van der Waals surface area contributed by atoms with E-state index in [1.165, 1.54) is 25.7 Å². The molecule has 1 aliphatic carbocycles. The maximum absolute atomic E-state index is 2.29. The zero-order chi connectivity index (χ0) is 9.19. The van der Waals surface area contributed by atoms with Crippen molar-refractivity contribution in [3.05, 3.63) is 48.6 Å². The summed E-state index contributed by atoms with van der Waals surface area (Å²) in [5, 5.41) is 0. The molecule has 0 bridgehead atoms. The molecule has 0 atom stereocenters. The Hall–Kier alpha value is -1.04. The lowest BCUT2D eigenvalue weighted by Crippen LogP contribution is -1.71. The van der Waals surface area contributed by atoms with Crippen LogP contribution in [0.1, 0.15) is 32.1 Å². The molecule has 0 spiro atoms. The van der Waals surface area contributed by atoms with Crippen LogP contribution in [-0.4, -0.2) is 0 Å².